The average molecular weight is 323 g/mol. The molecule has 0 aromatic carbocycles. The second-order valence-corrected chi connectivity index (χ2v) is 6.51. The van der Waals surface area contributed by atoms with Crippen LogP contribution in [0, 0.1) is 5.92 Å². The molecule has 7 heteroatoms. The molecule has 0 saturated carbocycles. The van der Waals surface area contributed by atoms with E-state index >= 15 is 0 Å². The molecular weight excluding hydrogens is 302 g/mol. The molecular formula is C15H21N3O3S. The minimum Gasteiger partial charge on any atom is -0.459 e. The first kappa shape index (κ1) is 16.6. The lowest BCUT2D eigenvalue weighted by atomic mass is 10.0. The summed E-state index contributed by atoms with van der Waals surface area (Å²) in [6, 6.07) is 3.67. The number of rotatable bonds is 8. The van der Waals surface area contributed by atoms with E-state index in [1.807, 2.05) is 6.92 Å². The molecule has 0 aliphatic rings. The van der Waals surface area contributed by atoms with Crippen LogP contribution in [0.2, 0.25) is 0 Å². The topological polar surface area (TPSA) is 81.2 Å². The Bertz CT molecular complexity index is 581. The summed E-state index contributed by atoms with van der Waals surface area (Å²) in [4.78, 5) is 11.9. The van der Waals surface area contributed by atoms with Gasteiger partial charge in [-0.1, -0.05) is 25.6 Å². The van der Waals surface area contributed by atoms with Crippen molar-refractivity contribution in [2.24, 2.45) is 5.92 Å². The van der Waals surface area contributed by atoms with Crippen LogP contribution in [0.25, 0.3) is 11.7 Å². The third-order valence-corrected chi connectivity index (χ3v) is 3.87. The average Bonchev–Trinajstić information content (AvgIpc) is 3.13. The molecule has 0 fully saturated rings. The summed E-state index contributed by atoms with van der Waals surface area (Å²) in [6.45, 7) is 6.37. The molecule has 120 valence electrons. The van der Waals surface area contributed by atoms with Gasteiger partial charge in [0.1, 0.15) is 0 Å². The zero-order valence-electron chi connectivity index (χ0n) is 13.0. The van der Waals surface area contributed by atoms with E-state index in [1.54, 1.807) is 18.4 Å². The molecule has 22 heavy (non-hydrogen) atoms. The number of furan rings is 1. The predicted molar refractivity (Wildman–Crippen MR) is 84.4 cm³/mol. The highest BCUT2D eigenvalue weighted by molar-refractivity contribution is 7.99. The third-order valence-electron chi connectivity index (χ3n) is 3.05. The fourth-order valence-corrected chi connectivity index (χ4v) is 2.44. The van der Waals surface area contributed by atoms with Gasteiger partial charge >= 0.3 is 0 Å². The molecule has 0 saturated heterocycles. The Morgan fingerprint density at radius 2 is 2.14 bits per heavy atom. The maximum atomic E-state index is 11.9. The van der Waals surface area contributed by atoms with Gasteiger partial charge in [-0.05, 0) is 37.8 Å². The highest BCUT2D eigenvalue weighted by atomic mass is 32.2. The Labute approximate surface area is 134 Å². The number of thioether (sulfide) groups is 1. The number of hydrogen-bond donors (Lipinski definition) is 1. The van der Waals surface area contributed by atoms with E-state index in [9.17, 15) is 4.79 Å². The molecule has 0 aliphatic carbocycles. The van der Waals surface area contributed by atoms with Crippen molar-refractivity contribution in [1.82, 2.24) is 15.5 Å². The first-order valence-electron chi connectivity index (χ1n) is 7.34. The van der Waals surface area contributed by atoms with Crippen LogP contribution in [0.15, 0.2) is 32.5 Å². The van der Waals surface area contributed by atoms with Crippen LogP contribution in [0.3, 0.4) is 0 Å². The van der Waals surface area contributed by atoms with Gasteiger partial charge in [-0.25, -0.2) is 0 Å². The number of aromatic nitrogens is 2. The highest BCUT2D eigenvalue weighted by Crippen LogP contribution is 2.23. The second-order valence-electron chi connectivity index (χ2n) is 5.58. The van der Waals surface area contributed by atoms with Crippen molar-refractivity contribution in [3.63, 3.8) is 0 Å². The second kappa shape index (κ2) is 8.03. The summed E-state index contributed by atoms with van der Waals surface area (Å²) in [7, 11) is 0. The Kier molecular flexibility index (Phi) is 6.06. The van der Waals surface area contributed by atoms with E-state index in [0.717, 1.165) is 12.8 Å². The zero-order chi connectivity index (χ0) is 15.9. The van der Waals surface area contributed by atoms with E-state index in [-0.39, 0.29) is 17.7 Å². The van der Waals surface area contributed by atoms with E-state index < -0.39 is 0 Å². The first-order valence-corrected chi connectivity index (χ1v) is 8.32. The minimum absolute atomic E-state index is 0.0287. The van der Waals surface area contributed by atoms with E-state index in [4.69, 9.17) is 8.83 Å². The van der Waals surface area contributed by atoms with E-state index in [0.29, 0.717) is 22.8 Å². The number of carbonyl (C=O) groups is 1. The van der Waals surface area contributed by atoms with Crippen molar-refractivity contribution >= 4 is 17.7 Å². The van der Waals surface area contributed by atoms with Crippen molar-refractivity contribution in [2.45, 2.75) is 44.9 Å². The van der Waals surface area contributed by atoms with Crippen molar-refractivity contribution < 1.29 is 13.6 Å². The number of carbonyl (C=O) groups excluding carboxylic acids is 1. The largest absolute Gasteiger partial charge is 0.459 e. The highest BCUT2D eigenvalue weighted by Gasteiger charge is 2.14. The molecule has 1 atom stereocenters. The monoisotopic (exact) mass is 323 g/mol. The van der Waals surface area contributed by atoms with Gasteiger partial charge in [0.2, 0.25) is 5.91 Å². The van der Waals surface area contributed by atoms with Gasteiger partial charge in [0.25, 0.3) is 11.1 Å². The zero-order valence-corrected chi connectivity index (χ0v) is 13.9. The maximum absolute atomic E-state index is 11.9. The molecule has 2 aromatic heterocycles. The summed E-state index contributed by atoms with van der Waals surface area (Å²) in [5.74, 6) is 1.71. The molecule has 0 spiro atoms. The van der Waals surface area contributed by atoms with Crippen LogP contribution < -0.4 is 5.32 Å². The van der Waals surface area contributed by atoms with Gasteiger partial charge < -0.3 is 14.2 Å². The molecule has 0 unspecified atom stereocenters. The number of hydrogen-bond acceptors (Lipinski definition) is 6. The molecule has 0 aliphatic heterocycles. The molecule has 2 heterocycles. The van der Waals surface area contributed by atoms with Crippen molar-refractivity contribution in [2.75, 3.05) is 5.75 Å². The number of amides is 1. The van der Waals surface area contributed by atoms with Crippen LogP contribution in [-0.2, 0) is 4.79 Å². The first-order chi connectivity index (χ1) is 10.5. The Balaban J connectivity index is 1.74. The smallest absolute Gasteiger partial charge is 0.284 e. The molecule has 1 amide bonds. The van der Waals surface area contributed by atoms with Gasteiger partial charge in [0.15, 0.2) is 5.76 Å². The van der Waals surface area contributed by atoms with Crippen LogP contribution in [0.1, 0.15) is 33.6 Å². The predicted octanol–water partition coefficient (Wildman–Crippen LogP) is 3.36. The van der Waals surface area contributed by atoms with Gasteiger partial charge in [0.05, 0.1) is 12.0 Å². The van der Waals surface area contributed by atoms with Gasteiger partial charge in [-0.2, -0.15) is 0 Å². The van der Waals surface area contributed by atoms with Gasteiger partial charge in [0, 0.05) is 6.04 Å². The summed E-state index contributed by atoms with van der Waals surface area (Å²) < 4.78 is 10.6. The molecule has 2 aromatic rings. The molecule has 6 nitrogen and oxygen atoms in total. The standard InChI is InChI=1S/C15H21N3O3S/c1-10(2)6-7-11(3)16-13(19)9-22-15-18-17-14(21-15)12-5-4-8-20-12/h4-5,8,10-11H,6-7,9H2,1-3H3,(H,16,19)/t11-/m1/s1. The Morgan fingerprint density at radius 3 is 2.82 bits per heavy atom. The normalized spacial score (nSPS) is 12.5. The van der Waals surface area contributed by atoms with Crippen molar-refractivity contribution in [3.05, 3.63) is 18.4 Å². The van der Waals surface area contributed by atoms with E-state index in [2.05, 4.69) is 29.4 Å². The van der Waals surface area contributed by atoms with Crippen LogP contribution in [-0.4, -0.2) is 27.9 Å². The lowest BCUT2D eigenvalue weighted by Crippen LogP contribution is -2.34. The fraction of sp³-hybridized carbons (Fsp3) is 0.533. The Morgan fingerprint density at radius 1 is 1.32 bits per heavy atom. The number of nitrogens with one attached hydrogen (secondary N) is 1. The molecule has 1 N–H and O–H groups in total. The van der Waals surface area contributed by atoms with Crippen molar-refractivity contribution in [3.8, 4) is 11.7 Å². The molecule has 0 bridgehead atoms. The molecule has 0 radical (unpaired) electrons. The maximum Gasteiger partial charge on any atom is 0.284 e. The van der Waals surface area contributed by atoms with Crippen molar-refractivity contribution in [1.29, 1.82) is 0 Å². The van der Waals surface area contributed by atoms with Crippen LogP contribution in [0.4, 0.5) is 0 Å². The lowest BCUT2D eigenvalue weighted by Gasteiger charge is -2.14. The van der Waals surface area contributed by atoms with Gasteiger partial charge in [-0.3, -0.25) is 4.79 Å². The molecule has 2 rings (SSSR count). The van der Waals surface area contributed by atoms with E-state index in [1.165, 1.54) is 11.8 Å². The lowest BCUT2D eigenvalue weighted by molar-refractivity contribution is -0.119. The van der Waals surface area contributed by atoms with Gasteiger partial charge in [-0.15, -0.1) is 10.2 Å². The quantitative estimate of drug-likeness (QED) is 0.750. The minimum atomic E-state index is -0.0287. The third kappa shape index (κ3) is 5.22. The summed E-state index contributed by atoms with van der Waals surface area (Å²) in [5.41, 5.74) is 0. The number of nitrogens with zero attached hydrogens (tertiary/aromatic N) is 2. The van der Waals surface area contributed by atoms with Crippen LogP contribution >= 0.6 is 11.8 Å². The summed E-state index contributed by atoms with van der Waals surface area (Å²) in [5, 5.41) is 11.1. The fourth-order valence-electron chi connectivity index (χ4n) is 1.87. The van der Waals surface area contributed by atoms with Crippen LogP contribution in [0.5, 0.6) is 0 Å². The summed E-state index contributed by atoms with van der Waals surface area (Å²) >= 11 is 1.22. The Hall–Kier alpha value is -1.76. The SMILES string of the molecule is CC(C)CC[C@@H](C)NC(=O)CSc1nnc(-c2ccco2)o1. The summed E-state index contributed by atoms with van der Waals surface area (Å²) in [6.07, 6.45) is 3.63.